The van der Waals surface area contributed by atoms with Crippen molar-refractivity contribution < 1.29 is 32.6 Å². The molecule has 3 N–H and O–H groups in total. The molecule has 5 rings (SSSR count). The van der Waals surface area contributed by atoms with Crippen LogP contribution in [-0.4, -0.2) is 51.1 Å². The van der Waals surface area contributed by atoms with Crippen molar-refractivity contribution in [3.05, 3.63) is 29.8 Å². The van der Waals surface area contributed by atoms with Crippen LogP contribution in [0.25, 0.3) is 0 Å². The maximum atomic E-state index is 12.7. The molecular formula is C34H50N2O7S. The standard InChI is InChI=1S/C34H50N2O7S/c1-21(8-13-30(38)35-20-31(39)36-44(41,42)25-7-5-6-22(18-25)32(40)43-4)27-11-12-28-26-10-9-23-19-24(37)14-16-33(23,2)29(26)15-17-34(27,28)3/h5-7,18,21,23-24,26-29,37H,8-17,19-20H2,1-4H3,(H,35,38)(H,36,39)/t21-,23?,24-,26?,27?,28?,29?,33+,34-/m1/s1. The Labute approximate surface area is 262 Å². The maximum absolute atomic E-state index is 12.7. The Morgan fingerprint density at radius 1 is 1.00 bits per heavy atom. The number of methoxy groups -OCH3 is 1. The van der Waals surface area contributed by atoms with Crippen LogP contribution in [0.3, 0.4) is 0 Å². The van der Waals surface area contributed by atoms with Gasteiger partial charge in [-0.25, -0.2) is 17.9 Å². The molecule has 0 spiro atoms. The molecule has 244 valence electrons. The van der Waals surface area contributed by atoms with E-state index in [1.165, 1.54) is 63.8 Å². The molecule has 1 aromatic carbocycles. The number of aliphatic hydroxyl groups excluding tert-OH is 1. The van der Waals surface area contributed by atoms with E-state index in [-0.39, 0.29) is 34.3 Å². The van der Waals surface area contributed by atoms with Crippen LogP contribution in [0.5, 0.6) is 0 Å². The second-order valence-electron chi connectivity index (χ2n) is 14.7. The summed E-state index contributed by atoms with van der Waals surface area (Å²) in [6, 6.07) is 5.21. The molecule has 2 amide bonds. The van der Waals surface area contributed by atoms with E-state index >= 15 is 0 Å². The number of nitrogens with one attached hydrogen (secondary N) is 2. The summed E-state index contributed by atoms with van der Waals surface area (Å²) in [7, 11) is -3.02. The molecule has 9 nitrogen and oxygen atoms in total. The Balaban J connectivity index is 1.10. The van der Waals surface area contributed by atoms with Crippen LogP contribution in [0.15, 0.2) is 29.2 Å². The number of rotatable bonds is 9. The third kappa shape index (κ3) is 6.30. The molecule has 44 heavy (non-hydrogen) atoms. The van der Waals surface area contributed by atoms with E-state index in [2.05, 4.69) is 30.8 Å². The highest BCUT2D eigenvalue weighted by Crippen LogP contribution is 2.68. The number of carbonyl (C=O) groups is 3. The number of aliphatic hydroxyl groups is 1. The number of amides is 2. The minimum Gasteiger partial charge on any atom is -0.465 e. The first-order valence-corrected chi connectivity index (χ1v) is 18.0. The summed E-state index contributed by atoms with van der Waals surface area (Å²) in [5.74, 6) is 2.04. The van der Waals surface area contributed by atoms with Crippen LogP contribution in [0, 0.1) is 46.3 Å². The van der Waals surface area contributed by atoms with E-state index in [4.69, 9.17) is 0 Å². The van der Waals surface area contributed by atoms with Crippen LogP contribution in [0.2, 0.25) is 0 Å². The van der Waals surface area contributed by atoms with Crippen molar-refractivity contribution in [2.45, 2.75) is 102 Å². The summed E-state index contributed by atoms with van der Waals surface area (Å²) < 4.78 is 31.9. The fourth-order valence-electron chi connectivity index (χ4n) is 10.2. The molecule has 9 atom stereocenters. The molecule has 0 bridgehead atoms. The highest BCUT2D eigenvalue weighted by atomic mass is 32.2. The third-order valence-electron chi connectivity index (χ3n) is 12.5. The number of hydrogen-bond acceptors (Lipinski definition) is 7. The fraction of sp³-hybridized carbons (Fsp3) is 0.735. The summed E-state index contributed by atoms with van der Waals surface area (Å²) in [4.78, 5) is 36.6. The topological polar surface area (TPSA) is 139 Å². The third-order valence-corrected chi connectivity index (χ3v) is 13.9. The second kappa shape index (κ2) is 12.7. The lowest BCUT2D eigenvalue weighted by molar-refractivity contribution is -0.130. The largest absolute Gasteiger partial charge is 0.465 e. The van der Waals surface area contributed by atoms with Gasteiger partial charge in [-0.3, -0.25) is 9.59 Å². The lowest BCUT2D eigenvalue weighted by Gasteiger charge is -2.61. The predicted octanol–water partition coefficient (Wildman–Crippen LogP) is 4.83. The normalized spacial score (nSPS) is 35.4. The van der Waals surface area contributed by atoms with Gasteiger partial charge < -0.3 is 15.2 Å². The highest BCUT2D eigenvalue weighted by Gasteiger charge is 2.60. The number of ether oxygens (including phenoxy) is 1. The van der Waals surface area contributed by atoms with Crippen molar-refractivity contribution >= 4 is 27.8 Å². The summed E-state index contributed by atoms with van der Waals surface area (Å²) in [6.07, 6.45) is 11.5. The second-order valence-corrected chi connectivity index (χ2v) is 16.3. The first-order valence-electron chi connectivity index (χ1n) is 16.5. The molecule has 0 aromatic heterocycles. The van der Waals surface area contributed by atoms with Gasteiger partial charge in [-0.2, -0.15) is 0 Å². The molecule has 0 saturated heterocycles. The van der Waals surface area contributed by atoms with Gasteiger partial charge in [0.05, 0.1) is 30.2 Å². The summed E-state index contributed by atoms with van der Waals surface area (Å²) in [6.45, 7) is 6.84. The summed E-state index contributed by atoms with van der Waals surface area (Å²) in [5.41, 5.74) is 0.699. The number of fused-ring (bicyclic) bond motifs is 5. The van der Waals surface area contributed by atoms with E-state index in [0.717, 1.165) is 49.5 Å². The van der Waals surface area contributed by atoms with Crippen molar-refractivity contribution in [1.29, 1.82) is 0 Å². The van der Waals surface area contributed by atoms with Gasteiger partial charge in [-0.1, -0.05) is 26.8 Å². The first kappa shape index (κ1) is 32.9. The number of hydrogen-bond donors (Lipinski definition) is 3. The fourth-order valence-corrected chi connectivity index (χ4v) is 11.2. The molecule has 0 radical (unpaired) electrons. The highest BCUT2D eigenvalue weighted by molar-refractivity contribution is 7.90. The average Bonchev–Trinajstić information content (AvgIpc) is 3.36. The number of benzene rings is 1. The minimum absolute atomic E-state index is 0.0485. The maximum Gasteiger partial charge on any atom is 0.337 e. The Morgan fingerprint density at radius 2 is 1.73 bits per heavy atom. The molecule has 5 unspecified atom stereocenters. The molecule has 1 aromatic rings. The summed E-state index contributed by atoms with van der Waals surface area (Å²) in [5, 5.41) is 12.9. The van der Waals surface area contributed by atoms with Gasteiger partial charge in [-0.15, -0.1) is 0 Å². The van der Waals surface area contributed by atoms with Crippen molar-refractivity contribution in [3.63, 3.8) is 0 Å². The molecule has 4 saturated carbocycles. The minimum atomic E-state index is -4.22. The molecule has 10 heteroatoms. The lowest BCUT2D eigenvalue weighted by Crippen LogP contribution is -2.54. The Kier molecular flexibility index (Phi) is 9.53. The van der Waals surface area contributed by atoms with Crippen molar-refractivity contribution in [1.82, 2.24) is 10.0 Å². The molecule has 4 fully saturated rings. The van der Waals surface area contributed by atoms with Gasteiger partial charge >= 0.3 is 5.97 Å². The van der Waals surface area contributed by atoms with Gasteiger partial charge in [0.25, 0.3) is 15.9 Å². The van der Waals surface area contributed by atoms with Gasteiger partial charge in [0, 0.05) is 6.42 Å². The van der Waals surface area contributed by atoms with Crippen LogP contribution in [0.4, 0.5) is 0 Å². The van der Waals surface area contributed by atoms with Gasteiger partial charge in [0.15, 0.2) is 0 Å². The number of carbonyl (C=O) groups excluding carboxylic acids is 3. The zero-order valence-electron chi connectivity index (χ0n) is 26.6. The van der Waals surface area contributed by atoms with Crippen molar-refractivity contribution in [2.75, 3.05) is 13.7 Å². The molecular weight excluding hydrogens is 580 g/mol. The zero-order chi connectivity index (χ0) is 31.9. The smallest absolute Gasteiger partial charge is 0.337 e. The van der Waals surface area contributed by atoms with Crippen molar-refractivity contribution in [2.24, 2.45) is 46.3 Å². The van der Waals surface area contributed by atoms with Crippen molar-refractivity contribution in [3.8, 4) is 0 Å². The Bertz CT molecular complexity index is 1360. The van der Waals surface area contributed by atoms with E-state index in [0.29, 0.717) is 23.2 Å². The number of sulfonamides is 1. The van der Waals surface area contributed by atoms with Gasteiger partial charge in [0.1, 0.15) is 0 Å². The molecule has 0 heterocycles. The zero-order valence-corrected chi connectivity index (χ0v) is 27.5. The molecule has 4 aliphatic rings. The van der Waals surface area contributed by atoms with Crippen LogP contribution >= 0.6 is 0 Å². The first-order chi connectivity index (χ1) is 20.8. The summed E-state index contributed by atoms with van der Waals surface area (Å²) >= 11 is 0. The number of esters is 1. The van der Waals surface area contributed by atoms with Crippen LogP contribution in [0.1, 0.15) is 102 Å². The SMILES string of the molecule is COC(=O)c1cccc(S(=O)(=O)NC(=O)CNC(=O)CC[C@@H](C)C2CCC3C4CCC5C[C@H](O)CC[C@]5(C)C4CC[C@@]32C)c1. The lowest BCUT2D eigenvalue weighted by atomic mass is 9.44. The Hall–Kier alpha value is -2.46. The van der Waals surface area contributed by atoms with E-state index in [1.807, 2.05) is 4.72 Å². The van der Waals surface area contributed by atoms with Crippen LogP contribution < -0.4 is 10.0 Å². The Morgan fingerprint density at radius 3 is 2.48 bits per heavy atom. The average molecular weight is 631 g/mol. The van der Waals surface area contributed by atoms with E-state index < -0.39 is 28.4 Å². The van der Waals surface area contributed by atoms with Crippen LogP contribution in [-0.2, 0) is 24.3 Å². The van der Waals surface area contributed by atoms with Gasteiger partial charge in [-0.05, 0) is 129 Å². The van der Waals surface area contributed by atoms with E-state index in [1.54, 1.807) is 0 Å². The quantitative estimate of drug-likeness (QED) is 0.332. The molecule has 4 aliphatic carbocycles. The van der Waals surface area contributed by atoms with Gasteiger partial charge in [0.2, 0.25) is 5.91 Å². The monoisotopic (exact) mass is 630 g/mol. The predicted molar refractivity (Wildman–Crippen MR) is 166 cm³/mol. The van der Waals surface area contributed by atoms with E-state index in [9.17, 15) is 27.9 Å². The molecule has 0 aliphatic heterocycles.